The minimum Gasteiger partial charge on any atom is -0.493 e. The number of nitrogens with one attached hydrogen (secondary N) is 1. The van der Waals surface area contributed by atoms with Crippen molar-refractivity contribution in [1.82, 2.24) is 10.4 Å². The third-order valence-electron chi connectivity index (χ3n) is 4.68. The van der Waals surface area contributed by atoms with Crippen LogP contribution in [-0.4, -0.2) is 30.2 Å². The zero-order valence-electron chi connectivity index (χ0n) is 17.2. The second-order valence-electron chi connectivity index (χ2n) is 6.74. The zero-order chi connectivity index (χ0) is 22.3. The van der Waals surface area contributed by atoms with E-state index in [0.29, 0.717) is 16.9 Å². The Hall–Kier alpha value is -4.52. The van der Waals surface area contributed by atoms with Gasteiger partial charge in [-0.3, -0.25) is 9.78 Å². The normalized spacial score (nSPS) is 10.8. The van der Waals surface area contributed by atoms with Crippen LogP contribution < -0.4 is 14.9 Å². The molecule has 0 aliphatic heterocycles. The topological polar surface area (TPSA) is 89.9 Å². The van der Waals surface area contributed by atoms with Gasteiger partial charge in [0.25, 0.3) is 5.91 Å². The number of amides is 1. The van der Waals surface area contributed by atoms with Crippen LogP contribution in [0.4, 0.5) is 0 Å². The summed E-state index contributed by atoms with van der Waals surface area (Å²) in [7, 11) is 1.48. The number of nitrogens with zero attached hydrogens (tertiary/aromatic N) is 2. The molecule has 3 aromatic carbocycles. The molecule has 0 fully saturated rings. The quantitative estimate of drug-likeness (QED) is 0.216. The van der Waals surface area contributed by atoms with Crippen molar-refractivity contribution in [3.63, 3.8) is 0 Å². The van der Waals surface area contributed by atoms with Gasteiger partial charge in [0.2, 0.25) is 0 Å². The van der Waals surface area contributed by atoms with Gasteiger partial charge in [-0.1, -0.05) is 42.5 Å². The lowest BCUT2D eigenvalue weighted by atomic mass is 10.0. The van der Waals surface area contributed by atoms with E-state index in [0.717, 1.165) is 10.8 Å². The summed E-state index contributed by atoms with van der Waals surface area (Å²) in [6, 6.07) is 23.1. The Morgan fingerprint density at radius 3 is 2.56 bits per heavy atom. The van der Waals surface area contributed by atoms with E-state index in [1.807, 2.05) is 36.4 Å². The van der Waals surface area contributed by atoms with E-state index < -0.39 is 11.9 Å². The van der Waals surface area contributed by atoms with Crippen molar-refractivity contribution in [2.75, 3.05) is 7.11 Å². The highest BCUT2D eigenvalue weighted by Crippen LogP contribution is 2.29. The number of hydrazone groups is 1. The first kappa shape index (κ1) is 20.7. The van der Waals surface area contributed by atoms with Gasteiger partial charge < -0.3 is 9.47 Å². The molecule has 0 aliphatic rings. The third-order valence-corrected chi connectivity index (χ3v) is 4.68. The maximum Gasteiger partial charge on any atom is 0.344 e. The summed E-state index contributed by atoms with van der Waals surface area (Å²) in [5.41, 5.74) is 3.79. The molecule has 0 saturated heterocycles. The van der Waals surface area contributed by atoms with Gasteiger partial charge in [0.05, 0.1) is 18.9 Å². The molecule has 32 heavy (non-hydrogen) atoms. The maximum atomic E-state index is 12.8. The Labute approximate surface area is 184 Å². The first-order chi connectivity index (χ1) is 15.7. The second-order valence-corrected chi connectivity index (χ2v) is 6.74. The van der Waals surface area contributed by atoms with Gasteiger partial charge in [-0.15, -0.1) is 0 Å². The third kappa shape index (κ3) is 4.62. The number of pyridine rings is 1. The molecule has 7 nitrogen and oxygen atoms in total. The molecule has 1 amide bonds. The van der Waals surface area contributed by atoms with E-state index in [-0.39, 0.29) is 11.4 Å². The van der Waals surface area contributed by atoms with Gasteiger partial charge in [-0.25, -0.2) is 10.2 Å². The first-order valence-corrected chi connectivity index (χ1v) is 9.78. The summed E-state index contributed by atoms with van der Waals surface area (Å²) >= 11 is 0. The summed E-state index contributed by atoms with van der Waals surface area (Å²) in [4.78, 5) is 28.8. The standard InChI is InChI=1S/C25H19N3O4/c1-31-23-15-17(16-27-28-24(29)21-11-4-5-14-26-21)12-13-22(23)32-25(30)20-10-6-8-18-7-2-3-9-19(18)20/h2-16H,1H3,(H,28,29). The summed E-state index contributed by atoms with van der Waals surface area (Å²) in [5.74, 6) is -0.266. The van der Waals surface area contributed by atoms with Gasteiger partial charge in [-0.2, -0.15) is 5.10 Å². The number of esters is 1. The lowest BCUT2D eigenvalue weighted by Crippen LogP contribution is -2.18. The van der Waals surface area contributed by atoms with E-state index in [9.17, 15) is 9.59 Å². The summed E-state index contributed by atoms with van der Waals surface area (Å²) in [6.45, 7) is 0. The van der Waals surface area contributed by atoms with Crippen molar-refractivity contribution >= 4 is 28.9 Å². The lowest BCUT2D eigenvalue weighted by Gasteiger charge is -2.11. The van der Waals surface area contributed by atoms with Gasteiger partial charge in [0.15, 0.2) is 11.5 Å². The van der Waals surface area contributed by atoms with E-state index in [2.05, 4.69) is 15.5 Å². The van der Waals surface area contributed by atoms with Crippen LogP contribution in [0.1, 0.15) is 26.4 Å². The average molecular weight is 425 g/mol. The van der Waals surface area contributed by atoms with Crippen molar-refractivity contribution < 1.29 is 19.1 Å². The molecule has 7 heteroatoms. The Morgan fingerprint density at radius 1 is 0.938 bits per heavy atom. The maximum absolute atomic E-state index is 12.8. The van der Waals surface area contributed by atoms with Gasteiger partial charge in [0.1, 0.15) is 5.69 Å². The molecule has 0 unspecified atom stereocenters. The predicted molar refractivity (Wildman–Crippen MR) is 121 cm³/mol. The molecular weight excluding hydrogens is 406 g/mol. The molecule has 0 spiro atoms. The number of ether oxygens (including phenoxy) is 2. The zero-order valence-corrected chi connectivity index (χ0v) is 17.2. The first-order valence-electron chi connectivity index (χ1n) is 9.78. The molecule has 0 bridgehead atoms. The fraction of sp³-hybridized carbons (Fsp3) is 0.0400. The molecule has 4 aromatic rings. The molecule has 158 valence electrons. The number of carbonyl (C=O) groups excluding carboxylic acids is 2. The Bertz CT molecular complexity index is 1300. The van der Waals surface area contributed by atoms with Crippen molar-refractivity contribution in [2.45, 2.75) is 0 Å². The highest BCUT2D eigenvalue weighted by Gasteiger charge is 2.15. The molecule has 0 saturated carbocycles. The smallest absolute Gasteiger partial charge is 0.344 e. The highest BCUT2D eigenvalue weighted by atomic mass is 16.6. The lowest BCUT2D eigenvalue weighted by molar-refractivity contribution is 0.0731. The number of aromatic nitrogens is 1. The number of methoxy groups -OCH3 is 1. The minimum atomic E-state index is -0.482. The molecular formula is C25H19N3O4. The van der Waals surface area contributed by atoms with Crippen molar-refractivity contribution in [3.8, 4) is 11.5 Å². The SMILES string of the molecule is COc1cc(C=NNC(=O)c2ccccn2)ccc1OC(=O)c1cccc2ccccc12. The number of carbonyl (C=O) groups is 2. The van der Waals surface area contributed by atoms with Gasteiger partial charge >= 0.3 is 5.97 Å². The summed E-state index contributed by atoms with van der Waals surface area (Å²) in [5, 5.41) is 5.70. The van der Waals surface area contributed by atoms with Gasteiger partial charge in [0, 0.05) is 6.20 Å². The van der Waals surface area contributed by atoms with Crippen LogP contribution in [0.5, 0.6) is 11.5 Å². The van der Waals surface area contributed by atoms with Crippen LogP contribution in [0.3, 0.4) is 0 Å². The van der Waals surface area contributed by atoms with Crippen molar-refractivity contribution in [2.24, 2.45) is 5.10 Å². The molecule has 1 heterocycles. The number of benzene rings is 3. The van der Waals surface area contributed by atoms with Crippen LogP contribution in [0, 0.1) is 0 Å². The molecule has 1 N–H and O–H groups in total. The van der Waals surface area contributed by atoms with Crippen LogP contribution in [0.25, 0.3) is 10.8 Å². The molecule has 1 aromatic heterocycles. The Balaban J connectivity index is 1.48. The Kier molecular flexibility index (Phi) is 6.17. The van der Waals surface area contributed by atoms with Crippen LogP contribution in [0.2, 0.25) is 0 Å². The molecule has 0 aliphatic carbocycles. The number of rotatable bonds is 6. The number of hydrogen-bond acceptors (Lipinski definition) is 6. The summed E-state index contributed by atoms with van der Waals surface area (Å²) in [6.07, 6.45) is 2.99. The molecule has 0 atom stereocenters. The van der Waals surface area contributed by atoms with Crippen molar-refractivity contribution in [1.29, 1.82) is 0 Å². The second kappa shape index (κ2) is 9.53. The number of hydrogen-bond donors (Lipinski definition) is 1. The largest absolute Gasteiger partial charge is 0.493 e. The van der Waals surface area contributed by atoms with E-state index in [4.69, 9.17) is 9.47 Å². The highest BCUT2D eigenvalue weighted by molar-refractivity contribution is 6.05. The Morgan fingerprint density at radius 2 is 1.75 bits per heavy atom. The van der Waals surface area contributed by atoms with Crippen LogP contribution in [-0.2, 0) is 0 Å². The fourth-order valence-electron chi connectivity index (χ4n) is 3.13. The van der Waals surface area contributed by atoms with Gasteiger partial charge in [-0.05, 0) is 52.7 Å². The van der Waals surface area contributed by atoms with Crippen LogP contribution in [0.15, 0.2) is 90.2 Å². The van der Waals surface area contributed by atoms with E-state index >= 15 is 0 Å². The van der Waals surface area contributed by atoms with Crippen molar-refractivity contribution in [3.05, 3.63) is 102 Å². The average Bonchev–Trinajstić information content (AvgIpc) is 2.84. The predicted octanol–water partition coefficient (Wildman–Crippen LogP) is 4.23. The number of fused-ring (bicyclic) bond motifs is 1. The minimum absolute atomic E-state index is 0.262. The monoisotopic (exact) mass is 425 g/mol. The van der Waals surface area contributed by atoms with Crippen LogP contribution >= 0.6 is 0 Å². The summed E-state index contributed by atoms with van der Waals surface area (Å²) < 4.78 is 11.0. The van der Waals surface area contributed by atoms with E-state index in [1.165, 1.54) is 19.5 Å². The van der Waals surface area contributed by atoms with E-state index in [1.54, 1.807) is 42.5 Å². The molecule has 4 rings (SSSR count). The fourth-order valence-corrected chi connectivity index (χ4v) is 3.13. The molecule has 0 radical (unpaired) electrons.